The highest BCUT2D eigenvalue weighted by Crippen LogP contribution is 2.24. The topological polar surface area (TPSA) is 61.4 Å². The minimum absolute atomic E-state index is 0.0466. The van der Waals surface area contributed by atoms with Gasteiger partial charge in [-0.1, -0.05) is 39.8 Å². The van der Waals surface area contributed by atoms with Crippen molar-refractivity contribution in [3.05, 3.63) is 12.2 Å². The number of aliphatic hydroxyl groups is 1. The molecule has 4 heteroatoms. The maximum Gasteiger partial charge on any atom is 0.315 e. The Hall–Kier alpha value is -1.03. The summed E-state index contributed by atoms with van der Waals surface area (Å²) in [5, 5.41) is 14.9. The predicted molar refractivity (Wildman–Crippen MR) is 77.9 cm³/mol. The summed E-state index contributed by atoms with van der Waals surface area (Å²) in [6.45, 7) is 9.56. The van der Waals surface area contributed by atoms with Crippen LogP contribution in [0.3, 0.4) is 0 Å². The third-order valence-corrected chi connectivity index (χ3v) is 3.41. The Morgan fingerprint density at radius 1 is 1.42 bits per heavy atom. The van der Waals surface area contributed by atoms with Crippen molar-refractivity contribution in [3.8, 4) is 0 Å². The van der Waals surface area contributed by atoms with Crippen LogP contribution in [0.4, 0.5) is 4.79 Å². The van der Waals surface area contributed by atoms with Gasteiger partial charge in [0.15, 0.2) is 0 Å². The smallest absolute Gasteiger partial charge is 0.315 e. The summed E-state index contributed by atoms with van der Waals surface area (Å²) in [4.78, 5) is 11.8. The van der Waals surface area contributed by atoms with Gasteiger partial charge < -0.3 is 15.7 Å². The number of carbonyl (C=O) groups is 1. The van der Waals surface area contributed by atoms with Crippen LogP contribution in [-0.4, -0.2) is 30.3 Å². The van der Waals surface area contributed by atoms with E-state index in [1.807, 2.05) is 12.2 Å². The Bertz CT molecular complexity index is 324. The Morgan fingerprint density at radius 2 is 2.11 bits per heavy atom. The first kappa shape index (κ1) is 16.0. The van der Waals surface area contributed by atoms with Crippen LogP contribution in [0, 0.1) is 17.3 Å². The van der Waals surface area contributed by atoms with Crippen molar-refractivity contribution < 1.29 is 9.90 Å². The van der Waals surface area contributed by atoms with E-state index < -0.39 is 0 Å². The molecule has 0 saturated carbocycles. The van der Waals surface area contributed by atoms with E-state index in [-0.39, 0.29) is 30.0 Å². The molecule has 0 heterocycles. The molecule has 19 heavy (non-hydrogen) atoms. The number of amides is 2. The van der Waals surface area contributed by atoms with Crippen molar-refractivity contribution in [1.82, 2.24) is 10.6 Å². The van der Waals surface area contributed by atoms with Crippen LogP contribution in [0.1, 0.15) is 40.5 Å². The number of nitrogens with one attached hydrogen (secondary N) is 2. The molecule has 0 spiro atoms. The molecule has 2 amide bonds. The van der Waals surface area contributed by atoms with Gasteiger partial charge in [-0.15, -0.1) is 0 Å². The van der Waals surface area contributed by atoms with Crippen molar-refractivity contribution in [3.63, 3.8) is 0 Å². The van der Waals surface area contributed by atoms with E-state index in [0.29, 0.717) is 12.5 Å². The average Bonchev–Trinajstić information content (AvgIpc) is 2.72. The van der Waals surface area contributed by atoms with Crippen LogP contribution < -0.4 is 10.6 Å². The average molecular weight is 268 g/mol. The Kier molecular flexibility index (Phi) is 5.85. The fraction of sp³-hybridized carbons (Fsp3) is 0.800. The zero-order valence-electron chi connectivity index (χ0n) is 12.6. The molecule has 4 nitrogen and oxygen atoms in total. The van der Waals surface area contributed by atoms with Gasteiger partial charge in [-0.2, -0.15) is 0 Å². The molecular formula is C15H28N2O2. The predicted octanol–water partition coefficient (Wildman–Crippen LogP) is 2.29. The number of carbonyl (C=O) groups excluding carboxylic acids is 1. The molecule has 1 aliphatic carbocycles. The van der Waals surface area contributed by atoms with Crippen LogP contribution in [0.2, 0.25) is 0 Å². The summed E-state index contributed by atoms with van der Waals surface area (Å²) in [5.41, 5.74) is 0.116. The van der Waals surface area contributed by atoms with Crippen LogP contribution in [0.25, 0.3) is 0 Å². The van der Waals surface area contributed by atoms with Gasteiger partial charge in [0.1, 0.15) is 0 Å². The molecule has 0 aromatic rings. The molecule has 0 radical (unpaired) electrons. The molecule has 2 atom stereocenters. The highest BCUT2D eigenvalue weighted by atomic mass is 16.3. The van der Waals surface area contributed by atoms with Crippen LogP contribution in [0.5, 0.6) is 0 Å². The number of aliphatic hydroxyl groups excluding tert-OH is 1. The molecule has 0 unspecified atom stereocenters. The van der Waals surface area contributed by atoms with Crippen molar-refractivity contribution >= 4 is 6.03 Å². The van der Waals surface area contributed by atoms with Crippen molar-refractivity contribution in [2.24, 2.45) is 17.3 Å². The van der Waals surface area contributed by atoms with Gasteiger partial charge in [0.25, 0.3) is 0 Å². The first-order chi connectivity index (χ1) is 8.82. The van der Waals surface area contributed by atoms with Crippen molar-refractivity contribution in [2.75, 3.05) is 13.2 Å². The summed E-state index contributed by atoms with van der Waals surface area (Å²) in [6.07, 6.45) is 5.80. The zero-order valence-corrected chi connectivity index (χ0v) is 12.6. The second-order valence-corrected chi connectivity index (χ2v) is 6.76. The SMILES string of the molecule is CC(C)CC(C)(C)CNC(=O)N[C@@H]1C=C[C@H](CO)C1. The fourth-order valence-electron chi connectivity index (χ4n) is 2.73. The van der Waals surface area contributed by atoms with Crippen LogP contribution >= 0.6 is 0 Å². The van der Waals surface area contributed by atoms with E-state index in [1.165, 1.54) is 0 Å². The molecule has 0 fully saturated rings. The molecule has 1 rings (SSSR count). The second-order valence-electron chi connectivity index (χ2n) is 6.76. The lowest BCUT2D eigenvalue weighted by molar-refractivity contribution is 0.221. The summed E-state index contributed by atoms with van der Waals surface area (Å²) in [5.74, 6) is 0.811. The maximum absolute atomic E-state index is 11.8. The molecule has 0 aromatic carbocycles. The Labute approximate surface area is 116 Å². The van der Waals surface area contributed by atoms with Gasteiger partial charge in [-0.3, -0.25) is 0 Å². The first-order valence-electron chi connectivity index (χ1n) is 7.16. The van der Waals surface area contributed by atoms with Crippen LogP contribution in [-0.2, 0) is 0 Å². The van der Waals surface area contributed by atoms with E-state index >= 15 is 0 Å². The molecule has 3 N–H and O–H groups in total. The molecule has 110 valence electrons. The summed E-state index contributed by atoms with van der Waals surface area (Å²) < 4.78 is 0. The molecule has 0 saturated heterocycles. The minimum Gasteiger partial charge on any atom is -0.396 e. The van der Waals surface area contributed by atoms with Gasteiger partial charge in [0.2, 0.25) is 0 Å². The number of hydrogen-bond acceptors (Lipinski definition) is 2. The number of hydrogen-bond donors (Lipinski definition) is 3. The van der Waals surface area contributed by atoms with E-state index in [0.717, 1.165) is 12.8 Å². The largest absolute Gasteiger partial charge is 0.396 e. The summed E-state index contributed by atoms with van der Waals surface area (Å²) in [6, 6.07) is -0.0737. The normalized spacial score (nSPS) is 22.8. The second kappa shape index (κ2) is 6.94. The Morgan fingerprint density at radius 3 is 2.63 bits per heavy atom. The summed E-state index contributed by atoms with van der Waals surface area (Å²) in [7, 11) is 0. The molecule has 0 aromatic heterocycles. The van der Waals surface area contributed by atoms with Gasteiger partial charge >= 0.3 is 6.03 Å². The molecule has 0 aliphatic heterocycles. The molecular weight excluding hydrogens is 240 g/mol. The quantitative estimate of drug-likeness (QED) is 0.647. The maximum atomic E-state index is 11.8. The van der Waals surface area contributed by atoms with Crippen molar-refractivity contribution in [1.29, 1.82) is 0 Å². The van der Waals surface area contributed by atoms with Gasteiger partial charge in [-0.05, 0) is 24.2 Å². The standard InChI is InChI=1S/C15H28N2O2/c1-11(2)8-15(3,4)10-16-14(19)17-13-6-5-12(7-13)9-18/h5-6,11-13,18H,7-10H2,1-4H3,(H2,16,17,19)/t12-,13+/m0/s1. The zero-order chi connectivity index (χ0) is 14.5. The van der Waals surface area contributed by atoms with E-state index in [9.17, 15) is 4.79 Å². The number of urea groups is 1. The first-order valence-corrected chi connectivity index (χ1v) is 7.16. The van der Waals surface area contributed by atoms with E-state index in [4.69, 9.17) is 5.11 Å². The van der Waals surface area contributed by atoms with Gasteiger partial charge in [0.05, 0.1) is 0 Å². The highest BCUT2D eigenvalue weighted by molar-refractivity contribution is 5.74. The highest BCUT2D eigenvalue weighted by Gasteiger charge is 2.22. The van der Waals surface area contributed by atoms with E-state index in [1.54, 1.807) is 0 Å². The lowest BCUT2D eigenvalue weighted by atomic mass is 9.84. The fourth-order valence-corrected chi connectivity index (χ4v) is 2.73. The minimum atomic E-state index is -0.120. The Balaban J connectivity index is 2.27. The van der Waals surface area contributed by atoms with Crippen LogP contribution in [0.15, 0.2) is 12.2 Å². The molecule has 1 aliphatic rings. The monoisotopic (exact) mass is 268 g/mol. The third kappa shape index (κ3) is 6.10. The van der Waals surface area contributed by atoms with E-state index in [2.05, 4.69) is 38.3 Å². The number of rotatable bonds is 6. The molecule has 0 bridgehead atoms. The van der Waals surface area contributed by atoms with Gasteiger partial charge in [0, 0.05) is 25.1 Å². The van der Waals surface area contributed by atoms with Gasteiger partial charge in [-0.25, -0.2) is 4.79 Å². The third-order valence-electron chi connectivity index (χ3n) is 3.41. The lowest BCUT2D eigenvalue weighted by Crippen LogP contribution is -2.44. The van der Waals surface area contributed by atoms with Crippen molar-refractivity contribution in [2.45, 2.75) is 46.6 Å². The summed E-state index contributed by atoms with van der Waals surface area (Å²) >= 11 is 0. The lowest BCUT2D eigenvalue weighted by Gasteiger charge is -2.27.